The van der Waals surface area contributed by atoms with Gasteiger partial charge in [0.25, 0.3) is 0 Å². The maximum Gasteiger partial charge on any atom is 0.307 e. The van der Waals surface area contributed by atoms with Crippen LogP contribution in [0.5, 0.6) is 5.75 Å². The first-order valence-electron chi connectivity index (χ1n) is 8.00. The highest BCUT2D eigenvalue weighted by Crippen LogP contribution is 2.21. The molecular weight excluding hydrogens is 354 g/mol. The number of benzene rings is 1. The van der Waals surface area contributed by atoms with Crippen LogP contribution in [-0.4, -0.2) is 35.5 Å². The Kier molecular flexibility index (Phi) is 5.52. The highest BCUT2D eigenvalue weighted by atomic mass is 32.1. The molecule has 0 fully saturated rings. The Morgan fingerprint density at radius 3 is 2.69 bits per heavy atom. The molecule has 2 heterocycles. The van der Waals surface area contributed by atoms with Gasteiger partial charge in [-0.15, -0.1) is 11.3 Å². The summed E-state index contributed by atoms with van der Waals surface area (Å²) in [5.41, 5.74) is 1.48. The largest absolute Gasteiger partial charge is 0.497 e. The van der Waals surface area contributed by atoms with Crippen LogP contribution in [0.15, 0.2) is 42.0 Å². The predicted molar refractivity (Wildman–Crippen MR) is 97.3 cm³/mol. The molecule has 0 radical (unpaired) electrons. The first-order valence-corrected chi connectivity index (χ1v) is 8.88. The number of aromatic nitrogens is 2. The molecule has 26 heavy (non-hydrogen) atoms. The smallest absolute Gasteiger partial charge is 0.307 e. The molecule has 1 atom stereocenters. The van der Waals surface area contributed by atoms with E-state index in [9.17, 15) is 9.59 Å². The van der Waals surface area contributed by atoms with Gasteiger partial charge < -0.3 is 14.8 Å². The van der Waals surface area contributed by atoms with E-state index in [0.29, 0.717) is 11.4 Å². The quantitative estimate of drug-likeness (QED) is 0.643. The first-order chi connectivity index (χ1) is 12.6. The molecule has 2 aromatic heterocycles. The molecule has 0 saturated carbocycles. The molecule has 0 aliphatic carbocycles. The second-order valence-electron chi connectivity index (χ2n) is 5.68. The average Bonchev–Trinajstić information content (AvgIpc) is 3.22. The van der Waals surface area contributed by atoms with Crippen molar-refractivity contribution < 1.29 is 19.1 Å². The van der Waals surface area contributed by atoms with E-state index in [2.05, 4.69) is 10.3 Å². The molecule has 0 spiro atoms. The molecule has 3 aromatic rings. The van der Waals surface area contributed by atoms with Crippen molar-refractivity contribution in [1.29, 1.82) is 0 Å². The van der Waals surface area contributed by atoms with Gasteiger partial charge >= 0.3 is 5.97 Å². The fourth-order valence-electron chi connectivity index (χ4n) is 2.61. The lowest BCUT2D eigenvalue weighted by atomic mass is 10.0. The van der Waals surface area contributed by atoms with Gasteiger partial charge in [-0.1, -0.05) is 12.1 Å². The van der Waals surface area contributed by atoms with Crippen molar-refractivity contribution in [2.24, 2.45) is 0 Å². The second-order valence-corrected chi connectivity index (χ2v) is 6.55. The predicted octanol–water partition coefficient (Wildman–Crippen LogP) is 2.37. The summed E-state index contributed by atoms with van der Waals surface area (Å²) in [4.78, 5) is 29.4. The van der Waals surface area contributed by atoms with Crippen molar-refractivity contribution in [3.05, 3.63) is 53.3 Å². The number of carbonyl (C=O) groups is 2. The molecule has 1 N–H and O–H groups in total. The molecule has 0 aliphatic heterocycles. The number of nitrogens with zero attached hydrogens (tertiary/aromatic N) is 2. The third-order valence-electron chi connectivity index (χ3n) is 3.94. The maximum absolute atomic E-state index is 12.5. The lowest BCUT2D eigenvalue weighted by molar-refractivity contribution is -0.141. The molecule has 8 heteroatoms. The van der Waals surface area contributed by atoms with E-state index in [-0.39, 0.29) is 18.7 Å². The van der Waals surface area contributed by atoms with Gasteiger partial charge in [-0.2, -0.15) is 0 Å². The van der Waals surface area contributed by atoms with Gasteiger partial charge in [0.05, 0.1) is 38.8 Å². The molecule has 0 bridgehead atoms. The van der Waals surface area contributed by atoms with Crippen LogP contribution >= 0.6 is 11.3 Å². The number of rotatable bonds is 7. The number of hydrogen-bond acceptors (Lipinski definition) is 6. The van der Waals surface area contributed by atoms with E-state index in [1.54, 1.807) is 19.2 Å². The van der Waals surface area contributed by atoms with Crippen LogP contribution in [0.1, 0.15) is 23.7 Å². The number of amides is 1. The number of ether oxygens (including phenoxy) is 2. The van der Waals surface area contributed by atoms with E-state index in [1.165, 1.54) is 18.4 Å². The SMILES string of the molecule is COC(=O)CC(NC(=O)Cc1cn2ccsc2n1)c1ccc(OC)cc1. The summed E-state index contributed by atoms with van der Waals surface area (Å²) in [7, 11) is 2.91. The Bertz CT molecular complexity index is 872. The van der Waals surface area contributed by atoms with Crippen molar-refractivity contribution in [1.82, 2.24) is 14.7 Å². The average molecular weight is 373 g/mol. The summed E-state index contributed by atoms with van der Waals surface area (Å²) in [5, 5.41) is 4.83. The summed E-state index contributed by atoms with van der Waals surface area (Å²) < 4.78 is 11.8. The highest BCUT2D eigenvalue weighted by molar-refractivity contribution is 7.15. The van der Waals surface area contributed by atoms with Gasteiger partial charge in [0.15, 0.2) is 4.96 Å². The summed E-state index contributed by atoms with van der Waals surface area (Å²) in [6.45, 7) is 0. The van der Waals surface area contributed by atoms with Crippen LogP contribution in [0.3, 0.4) is 0 Å². The van der Waals surface area contributed by atoms with Gasteiger partial charge in [-0.3, -0.25) is 14.0 Å². The van der Waals surface area contributed by atoms with E-state index >= 15 is 0 Å². The lowest BCUT2D eigenvalue weighted by Crippen LogP contribution is -2.31. The lowest BCUT2D eigenvalue weighted by Gasteiger charge is -2.18. The van der Waals surface area contributed by atoms with E-state index in [0.717, 1.165) is 10.5 Å². The standard InChI is InChI=1S/C18H19N3O4S/c1-24-14-5-3-12(4-6-14)15(10-17(23)25-2)20-16(22)9-13-11-21-7-8-26-18(21)19-13/h3-8,11,15H,9-10H2,1-2H3,(H,20,22). The highest BCUT2D eigenvalue weighted by Gasteiger charge is 2.20. The van der Waals surface area contributed by atoms with Crippen LogP contribution in [0, 0.1) is 0 Å². The van der Waals surface area contributed by atoms with Gasteiger partial charge in [0, 0.05) is 17.8 Å². The zero-order valence-corrected chi connectivity index (χ0v) is 15.3. The van der Waals surface area contributed by atoms with Crippen LogP contribution in [0.4, 0.5) is 0 Å². The second kappa shape index (κ2) is 8.01. The van der Waals surface area contributed by atoms with Gasteiger partial charge in [0.1, 0.15) is 5.75 Å². The number of methoxy groups -OCH3 is 2. The summed E-state index contributed by atoms with van der Waals surface area (Å²) >= 11 is 1.51. The number of nitrogens with one attached hydrogen (secondary N) is 1. The van der Waals surface area contributed by atoms with Crippen LogP contribution in [-0.2, 0) is 20.7 Å². The molecule has 0 aliphatic rings. The maximum atomic E-state index is 12.5. The van der Waals surface area contributed by atoms with E-state index in [1.807, 2.05) is 34.3 Å². The number of hydrogen-bond donors (Lipinski definition) is 1. The number of carbonyl (C=O) groups excluding carboxylic acids is 2. The molecule has 1 unspecified atom stereocenters. The zero-order chi connectivity index (χ0) is 18.5. The molecule has 3 rings (SSSR count). The van der Waals surface area contributed by atoms with E-state index < -0.39 is 12.0 Å². The summed E-state index contributed by atoms with van der Waals surface area (Å²) in [6, 6.07) is 6.73. The molecule has 1 aromatic carbocycles. The van der Waals surface area contributed by atoms with Crippen molar-refractivity contribution in [3.63, 3.8) is 0 Å². The number of thiazole rings is 1. The van der Waals surface area contributed by atoms with Crippen molar-refractivity contribution in [3.8, 4) is 5.75 Å². The Hall–Kier alpha value is -2.87. The minimum atomic E-state index is -0.482. The minimum absolute atomic E-state index is 0.0485. The Balaban J connectivity index is 1.71. The molecule has 0 saturated heterocycles. The third-order valence-corrected chi connectivity index (χ3v) is 4.71. The molecule has 1 amide bonds. The summed E-state index contributed by atoms with van der Waals surface area (Å²) in [5.74, 6) is 0.101. The molecule has 7 nitrogen and oxygen atoms in total. The fraction of sp³-hybridized carbons (Fsp3) is 0.278. The van der Waals surface area contributed by atoms with Gasteiger partial charge in [-0.05, 0) is 17.7 Å². The van der Waals surface area contributed by atoms with E-state index in [4.69, 9.17) is 9.47 Å². The minimum Gasteiger partial charge on any atom is -0.497 e. The monoisotopic (exact) mass is 373 g/mol. The van der Waals surface area contributed by atoms with Crippen molar-refractivity contribution >= 4 is 28.2 Å². The number of esters is 1. The fourth-order valence-corrected chi connectivity index (χ4v) is 3.33. The molecule has 136 valence electrons. The zero-order valence-electron chi connectivity index (χ0n) is 14.5. The Morgan fingerprint density at radius 2 is 2.04 bits per heavy atom. The van der Waals surface area contributed by atoms with Crippen molar-refractivity contribution in [2.45, 2.75) is 18.9 Å². The van der Waals surface area contributed by atoms with Crippen LogP contribution in [0.25, 0.3) is 4.96 Å². The topological polar surface area (TPSA) is 81.9 Å². The third kappa shape index (κ3) is 4.20. The Labute approximate surface area is 154 Å². The Morgan fingerprint density at radius 1 is 1.27 bits per heavy atom. The van der Waals surface area contributed by atoms with Crippen LogP contribution in [0.2, 0.25) is 0 Å². The van der Waals surface area contributed by atoms with Crippen LogP contribution < -0.4 is 10.1 Å². The number of fused-ring (bicyclic) bond motifs is 1. The number of imidazole rings is 1. The molecular formula is C18H19N3O4S. The van der Waals surface area contributed by atoms with Gasteiger partial charge in [-0.25, -0.2) is 4.98 Å². The first kappa shape index (κ1) is 17.9. The van der Waals surface area contributed by atoms with Gasteiger partial charge in [0.2, 0.25) is 5.91 Å². The van der Waals surface area contributed by atoms with Crippen molar-refractivity contribution in [2.75, 3.05) is 14.2 Å². The normalized spacial score (nSPS) is 11.9. The summed E-state index contributed by atoms with van der Waals surface area (Å²) in [6.07, 6.45) is 3.91.